The van der Waals surface area contributed by atoms with Crippen LogP contribution in [0.15, 0.2) is 52.5 Å². The number of aryl methyl sites for hydroxylation is 1. The molecule has 3 aromatic rings. The molecule has 1 fully saturated rings. The summed E-state index contributed by atoms with van der Waals surface area (Å²) in [5.41, 5.74) is 2.97. The quantitative estimate of drug-likeness (QED) is 0.672. The van der Waals surface area contributed by atoms with E-state index in [-0.39, 0.29) is 5.91 Å². The Hall–Kier alpha value is -2.44. The molecule has 6 heteroatoms. The Morgan fingerprint density at radius 3 is 2.59 bits per heavy atom. The summed E-state index contributed by atoms with van der Waals surface area (Å²) >= 11 is 1.63. The number of benzene rings is 1. The van der Waals surface area contributed by atoms with Gasteiger partial charge in [-0.3, -0.25) is 9.69 Å². The van der Waals surface area contributed by atoms with Gasteiger partial charge in [0.15, 0.2) is 0 Å². The molecule has 3 heterocycles. The van der Waals surface area contributed by atoms with Crippen LogP contribution < -0.4 is 0 Å². The Balaban J connectivity index is 1.31. The Labute approximate surface area is 163 Å². The van der Waals surface area contributed by atoms with Crippen LogP contribution >= 0.6 is 11.3 Å². The molecular formula is C21H23N3O2S. The molecule has 0 saturated carbocycles. The molecule has 0 atom stereocenters. The van der Waals surface area contributed by atoms with Crippen LogP contribution in [0.1, 0.15) is 28.5 Å². The van der Waals surface area contributed by atoms with E-state index in [0.29, 0.717) is 5.89 Å². The largest absolute Gasteiger partial charge is 0.444 e. The van der Waals surface area contributed by atoms with Gasteiger partial charge in [-0.1, -0.05) is 25.1 Å². The van der Waals surface area contributed by atoms with E-state index in [1.807, 2.05) is 46.7 Å². The average Bonchev–Trinajstić information content (AvgIpc) is 3.40. The van der Waals surface area contributed by atoms with Crippen molar-refractivity contribution in [2.75, 3.05) is 26.2 Å². The van der Waals surface area contributed by atoms with Gasteiger partial charge in [-0.05, 0) is 35.6 Å². The normalized spacial score (nSPS) is 15.2. The van der Waals surface area contributed by atoms with E-state index in [9.17, 15) is 4.79 Å². The number of carbonyl (C=O) groups excluding carboxylic acids is 1. The predicted molar refractivity (Wildman–Crippen MR) is 107 cm³/mol. The maximum Gasteiger partial charge on any atom is 0.253 e. The Morgan fingerprint density at radius 2 is 1.93 bits per heavy atom. The number of piperazine rings is 1. The molecule has 0 aliphatic carbocycles. The van der Waals surface area contributed by atoms with Gasteiger partial charge < -0.3 is 9.32 Å². The highest BCUT2D eigenvalue weighted by molar-refractivity contribution is 7.13. The standard InChI is InChI=1S/C21H23N3O2S/c1-2-16-5-7-17(8-6-16)21(25)24-11-9-23(10-12-24)14-18-15-26-20(22-18)19-4-3-13-27-19/h3-8,13,15H,2,9-12,14H2,1H3. The van der Waals surface area contributed by atoms with Crippen LogP contribution in [0.5, 0.6) is 0 Å². The SMILES string of the molecule is CCc1ccc(C(=O)N2CCN(Cc3coc(-c4cccs4)n3)CC2)cc1. The molecule has 0 bridgehead atoms. The number of carbonyl (C=O) groups is 1. The maximum atomic E-state index is 12.7. The van der Waals surface area contributed by atoms with Crippen molar-refractivity contribution in [3.05, 3.63) is 64.9 Å². The van der Waals surface area contributed by atoms with E-state index in [4.69, 9.17) is 4.42 Å². The molecule has 0 N–H and O–H groups in total. The third-order valence-electron chi connectivity index (χ3n) is 4.94. The molecule has 4 rings (SSSR count). The van der Waals surface area contributed by atoms with Crippen LogP contribution in [0.25, 0.3) is 10.8 Å². The van der Waals surface area contributed by atoms with Crippen molar-refractivity contribution in [3.8, 4) is 10.8 Å². The first kappa shape index (κ1) is 17.9. The second-order valence-corrected chi connectivity index (χ2v) is 7.69. The van der Waals surface area contributed by atoms with Gasteiger partial charge in [-0.25, -0.2) is 4.98 Å². The van der Waals surface area contributed by atoms with Gasteiger partial charge in [0.05, 0.1) is 10.6 Å². The number of amides is 1. The molecule has 27 heavy (non-hydrogen) atoms. The van der Waals surface area contributed by atoms with Crippen LogP contribution in [0.3, 0.4) is 0 Å². The number of aromatic nitrogens is 1. The molecule has 1 aliphatic rings. The number of hydrogen-bond acceptors (Lipinski definition) is 5. The van der Waals surface area contributed by atoms with Gasteiger partial charge in [-0.2, -0.15) is 0 Å². The van der Waals surface area contributed by atoms with E-state index in [1.54, 1.807) is 17.6 Å². The first-order chi connectivity index (χ1) is 13.2. The smallest absolute Gasteiger partial charge is 0.253 e. The van der Waals surface area contributed by atoms with E-state index in [0.717, 1.165) is 55.3 Å². The summed E-state index contributed by atoms with van der Waals surface area (Å²) in [6.45, 7) is 6.05. The minimum absolute atomic E-state index is 0.124. The van der Waals surface area contributed by atoms with Crippen LogP contribution in [0.2, 0.25) is 0 Å². The molecule has 1 aromatic carbocycles. The van der Waals surface area contributed by atoms with E-state index in [2.05, 4.69) is 16.8 Å². The first-order valence-electron chi connectivity index (χ1n) is 9.32. The van der Waals surface area contributed by atoms with Crippen LogP contribution in [0, 0.1) is 0 Å². The molecule has 0 unspecified atom stereocenters. The fourth-order valence-corrected chi connectivity index (χ4v) is 3.95. The van der Waals surface area contributed by atoms with E-state index >= 15 is 0 Å². The van der Waals surface area contributed by atoms with Crippen molar-refractivity contribution in [2.24, 2.45) is 0 Å². The molecule has 1 amide bonds. The Bertz CT molecular complexity index is 879. The van der Waals surface area contributed by atoms with Gasteiger partial charge >= 0.3 is 0 Å². The van der Waals surface area contributed by atoms with Crippen molar-refractivity contribution in [3.63, 3.8) is 0 Å². The first-order valence-corrected chi connectivity index (χ1v) is 10.2. The lowest BCUT2D eigenvalue weighted by Crippen LogP contribution is -2.48. The minimum atomic E-state index is 0.124. The minimum Gasteiger partial charge on any atom is -0.444 e. The summed E-state index contributed by atoms with van der Waals surface area (Å²) in [4.78, 5) is 22.6. The monoisotopic (exact) mass is 381 g/mol. The number of nitrogens with zero attached hydrogens (tertiary/aromatic N) is 3. The van der Waals surface area contributed by atoms with E-state index < -0.39 is 0 Å². The molecule has 0 spiro atoms. The number of hydrogen-bond donors (Lipinski definition) is 0. The Kier molecular flexibility index (Phi) is 5.36. The fourth-order valence-electron chi connectivity index (χ4n) is 3.30. The lowest BCUT2D eigenvalue weighted by Gasteiger charge is -2.34. The van der Waals surface area contributed by atoms with Crippen molar-refractivity contribution >= 4 is 17.2 Å². The van der Waals surface area contributed by atoms with Gasteiger partial charge in [0.1, 0.15) is 6.26 Å². The number of rotatable bonds is 5. The summed E-state index contributed by atoms with van der Waals surface area (Å²) in [6, 6.07) is 12.0. The zero-order valence-electron chi connectivity index (χ0n) is 15.4. The molecule has 140 valence electrons. The zero-order valence-corrected chi connectivity index (χ0v) is 16.2. The van der Waals surface area contributed by atoms with Crippen molar-refractivity contribution in [2.45, 2.75) is 19.9 Å². The second kappa shape index (κ2) is 8.06. The summed E-state index contributed by atoms with van der Waals surface area (Å²) < 4.78 is 5.59. The summed E-state index contributed by atoms with van der Waals surface area (Å²) in [5.74, 6) is 0.808. The van der Waals surface area contributed by atoms with Gasteiger partial charge in [0, 0.05) is 38.3 Å². The average molecular weight is 382 g/mol. The summed E-state index contributed by atoms with van der Waals surface area (Å²) in [5, 5.41) is 2.02. The van der Waals surface area contributed by atoms with Crippen molar-refractivity contribution in [1.82, 2.24) is 14.8 Å². The van der Waals surface area contributed by atoms with Crippen LogP contribution in [-0.2, 0) is 13.0 Å². The van der Waals surface area contributed by atoms with Crippen LogP contribution in [0.4, 0.5) is 0 Å². The predicted octanol–water partition coefficient (Wildman–Crippen LogP) is 3.92. The highest BCUT2D eigenvalue weighted by Gasteiger charge is 2.23. The molecule has 1 saturated heterocycles. The number of thiophene rings is 1. The molecule has 5 nitrogen and oxygen atoms in total. The van der Waals surface area contributed by atoms with Gasteiger partial charge in [0.25, 0.3) is 5.91 Å². The molecule has 0 radical (unpaired) electrons. The highest BCUT2D eigenvalue weighted by atomic mass is 32.1. The lowest BCUT2D eigenvalue weighted by molar-refractivity contribution is 0.0627. The summed E-state index contributed by atoms with van der Waals surface area (Å²) in [7, 11) is 0. The van der Waals surface area contributed by atoms with Gasteiger partial charge in [0.2, 0.25) is 5.89 Å². The third kappa shape index (κ3) is 4.12. The molecule has 1 aliphatic heterocycles. The maximum absolute atomic E-state index is 12.7. The Morgan fingerprint density at radius 1 is 1.15 bits per heavy atom. The van der Waals surface area contributed by atoms with Crippen LogP contribution in [-0.4, -0.2) is 46.9 Å². The lowest BCUT2D eigenvalue weighted by atomic mass is 10.1. The number of oxazole rings is 1. The summed E-state index contributed by atoms with van der Waals surface area (Å²) in [6.07, 6.45) is 2.73. The van der Waals surface area contributed by atoms with Gasteiger partial charge in [-0.15, -0.1) is 11.3 Å². The molecule has 2 aromatic heterocycles. The zero-order chi connectivity index (χ0) is 18.6. The topological polar surface area (TPSA) is 49.6 Å². The third-order valence-corrected chi connectivity index (χ3v) is 5.80. The fraction of sp³-hybridized carbons (Fsp3) is 0.333. The van der Waals surface area contributed by atoms with Crippen molar-refractivity contribution < 1.29 is 9.21 Å². The van der Waals surface area contributed by atoms with E-state index in [1.165, 1.54) is 5.56 Å². The van der Waals surface area contributed by atoms with Crippen molar-refractivity contribution in [1.29, 1.82) is 0 Å². The second-order valence-electron chi connectivity index (χ2n) is 6.74. The molecular weight excluding hydrogens is 358 g/mol. The highest BCUT2D eigenvalue weighted by Crippen LogP contribution is 2.24.